The van der Waals surface area contributed by atoms with Crippen molar-refractivity contribution in [3.8, 4) is 0 Å². The summed E-state index contributed by atoms with van der Waals surface area (Å²) < 4.78 is 38.6. The summed E-state index contributed by atoms with van der Waals surface area (Å²) in [7, 11) is 1.68. The number of ether oxygens (including phenoxy) is 1. The van der Waals surface area contributed by atoms with Crippen molar-refractivity contribution in [1.29, 1.82) is 0 Å². The highest BCUT2D eigenvalue weighted by molar-refractivity contribution is 8.14. The molecule has 0 bridgehead atoms. The Balaban J connectivity index is 0.000000445. The SMILES string of the molecule is COCCn1ccc(C=C2CNCCC2SC(C)=O)n1.O=C(O)C(F)(F)F. The van der Waals surface area contributed by atoms with Gasteiger partial charge in [0.15, 0.2) is 5.12 Å². The summed E-state index contributed by atoms with van der Waals surface area (Å²) >= 11 is 1.42. The Labute approximate surface area is 158 Å². The van der Waals surface area contributed by atoms with E-state index in [2.05, 4.69) is 16.5 Å². The molecular formula is C16H22F3N3O4S. The second-order valence-corrected chi connectivity index (χ2v) is 6.96. The van der Waals surface area contributed by atoms with Gasteiger partial charge in [-0.15, -0.1) is 0 Å². The lowest BCUT2D eigenvalue weighted by atomic mass is 10.0. The standard InChI is InChI=1S/C14H21N3O2S.C2HF3O2/c1-11(18)20-14-3-5-15-10-12(14)9-13-4-6-17(16-13)7-8-19-2;3-2(4,5)1(6)7/h4,6,9,14-15H,3,5,7-8,10H2,1-2H3;(H,6,7). The Morgan fingerprint density at radius 2 is 2.19 bits per heavy atom. The van der Waals surface area contributed by atoms with Gasteiger partial charge in [0.1, 0.15) is 0 Å². The van der Waals surface area contributed by atoms with Crippen LogP contribution in [-0.2, 0) is 20.9 Å². The lowest BCUT2D eigenvalue weighted by Crippen LogP contribution is -2.32. The maximum Gasteiger partial charge on any atom is 0.490 e. The summed E-state index contributed by atoms with van der Waals surface area (Å²) in [5.41, 5.74) is 2.18. The number of alkyl halides is 3. The van der Waals surface area contributed by atoms with E-state index in [9.17, 15) is 18.0 Å². The number of carbonyl (C=O) groups is 2. The van der Waals surface area contributed by atoms with Gasteiger partial charge in [-0.3, -0.25) is 9.48 Å². The summed E-state index contributed by atoms with van der Waals surface area (Å²) in [5, 5.41) is 15.4. The Bertz CT molecular complexity index is 662. The van der Waals surface area contributed by atoms with Crippen LogP contribution in [-0.4, -0.2) is 64.2 Å². The largest absolute Gasteiger partial charge is 0.490 e. The van der Waals surface area contributed by atoms with Crippen LogP contribution >= 0.6 is 11.8 Å². The maximum atomic E-state index is 11.3. The van der Waals surface area contributed by atoms with Gasteiger partial charge in [-0.1, -0.05) is 11.8 Å². The average Bonchev–Trinajstić information content (AvgIpc) is 3.01. The van der Waals surface area contributed by atoms with E-state index >= 15 is 0 Å². The number of thioether (sulfide) groups is 1. The molecule has 0 saturated carbocycles. The zero-order valence-corrected chi connectivity index (χ0v) is 15.8. The minimum Gasteiger partial charge on any atom is -0.475 e. The van der Waals surface area contributed by atoms with Gasteiger partial charge in [-0.2, -0.15) is 18.3 Å². The first-order valence-electron chi connectivity index (χ1n) is 8.04. The number of rotatable bonds is 5. The Kier molecular flexibility index (Phi) is 9.53. The summed E-state index contributed by atoms with van der Waals surface area (Å²) in [5.74, 6) is -2.76. The van der Waals surface area contributed by atoms with E-state index < -0.39 is 12.1 Å². The Hall–Kier alpha value is -1.85. The number of aromatic nitrogens is 2. The van der Waals surface area contributed by atoms with E-state index in [1.165, 1.54) is 17.3 Å². The van der Waals surface area contributed by atoms with Gasteiger partial charge >= 0.3 is 12.1 Å². The number of hydrogen-bond acceptors (Lipinski definition) is 6. The summed E-state index contributed by atoms with van der Waals surface area (Å²) in [6, 6.07) is 1.99. The molecule has 1 aromatic heterocycles. The zero-order chi connectivity index (χ0) is 20.4. The average molecular weight is 409 g/mol. The molecule has 0 aliphatic carbocycles. The lowest BCUT2D eigenvalue weighted by Gasteiger charge is -2.24. The molecule has 7 nitrogen and oxygen atoms in total. The van der Waals surface area contributed by atoms with Gasteiger partial charge in [-0.25, -0.2) is 4.79 Å². The molecule has 0 amide bonds. The van der Waals surface area contributed by atoms with E-state index in [4.69, 9.17) is 14.6 Å². The number of carboxylic acid groups (broad SMARTS) is 1. The quantitative estimate of drug-likeness (QED) is 0.770. The number of carboxylic acids is 1. The van der Waals surface area contributed by atoms with Crippen molar-refractivity contribution in [3.05, 3.63) is 23.5 Å². The fourth-order valence-electron chi connectivity index (χ4n) is 2.20. The predicted octanol–water partition coefficient (Wildman–Crippen LogP) is 2.19. The minimum absolute atomic E-state index is 0.174. The molecule has 1 aliphatic rings. The first-order valence-corrected chi connectivity index (χ1v) is 8.92. The van der Waals surface area contributed by atoms with E-state index in [1.54, 1.807) is 14.0 Å². The van der Waals surface area contributed by atoms with Gasteiger partial charge in [0.05, 0.1) is 18.8 Å². The second-order valence-electron chi connectivity index (χ2n) is 5.58. The van der Waals surface area contributed by atoms with Gasteiger partial charge in [0.25, 0.3) is 0 Å². The Morgan fingerprint density at radius 3 is 2.74 bits per heavy atom. The minimum atomic E-state index is -5.08. The number of nitrogens with one attached hydrogen (secondary N) is 1. The van der Waals surface area contributed by atoms with Crippen LogP contribution in [0.25, 0.3) is 6.08 Å². The molecule has 1 aliphatic heterocycles. The first-order chi connectivity index (χ1) is 12.6. The molecule has 2 N–H and O–H groups in total. The molecule has 1 atom stereocenters. The maximum absolute atomic E-state index is 11.3. The molecule has 0 aromatic carbocycles. The topological polar surface area (TPSA) is 93.5 Å². The number of aliphatic carboxylic acids is 1. The molecule has 0 spiro atoms. The fraction of sp³-hybridized carbons (Fsp3) is 0.562. The van der Waals surface area contributed by atoms with Crippen molar-refractivity contribution in [2.45, 2.75) is 31.3 Å². The van der Waals surface area contributed by atoms with Gasteiger partial charge < -0.3 is 15.2 Å². The number of nitrogens with zero attached hydrogens (tertiary/aromatic N) is 2. The van der Waals surface area contributed by atoms with Crippen molar-refractivity contribution in [3.63, 3.8) is 0 Å². The molecule has 2 heterocycles. The molecule has 27 heavy (non-hydrogen) atoms. The van der Waals surface area contributed by atoms with Crippen LogP contribution in [0.5, 0.6) is 0 Å². The molecule has 1 aromatic rings. The summed E-state index contributed by atoms with van der Waals surface area (Å²) in [4.78, 5) is 20.2. The molecule has 1 saturated heterocycles. The van der Waals surface area contributed by atoms with Crippen LogP contribution in [0.3, 0.4) is 0 Å². The molecule has 2 rings (SSSR count). The number of hydrogen-bond donors (Lipinski definition) is 2. The third kappa shape index (κ3) is 9.07. The highest BCUT2D eigenvalue weighted by Crippen LogP contribution is 2.26. The van der Waals surface area contributed by atoms with Crippen molar-refractivity contribution in [2.75, 3.05) is 26.8 Å². The highest BCUT2D eigenvalue weighted by Gasteiger charge is 2.38. The molecule has 1 unspecified atom stereocenters. The second kappa shape index (κ2) is 11.1. The van der Waals surface area contributed by atoms with Crippen LogP contribution < -0.4 is 5.32 Å². The number of methoxy groups -OCH3 is 1. The highest BCUT2D eigenvalue weighted by atomic mass is 32.2. The molecule has 11 heteroatoms. The van der Waals surface area contributed by atoms with Crippen LogP contribution in [0, 0.1) is 0 Å². The first kappa shape index (κ1) is 23.2. The van der Waals surface area contributed by atoms with Crippen LogP contribution in [0.15, 0.2) is 17.8 Å². The molecular weight excluding hydrogens is 387 g/mol. The van der Waals surface area contributed by atoms with Gasteiger partial charge in [0, 0.05) is 32.0 Å². The van der Waals surface area contributed by atoms with Gasteiger partial charge in [0.2, 0.25) is 0 Å². The number of piperidine rings is 1. The fourth-order valence-corrected chi connectivity index (χ4v) is 3.14. The van der Waals surface area contributed by atoms with E-state index in [0.29, 0.717) is 6.61 Å². The number of carbonyl (C=O) groups excluding carboxylic acids is 1. The van der Waals surface area contributed by atoms with Crippen LogP contribution in [0.4, 0.5) is 13.2 Å². The van der Waals surface area contributed by atoms with Crippen LogP contribution in [0.2, 0.25) is 0 Å². The summed E-state index contributed by atoms with van der Waals surface area (Å²) in [6.45, 7) is 4.83. The monoisotopic (exact) mass is 409 g/mol. The van der Waals surface area contributed by atoms with Crippen molar-refractivity contribution < 1.29 is 32.6 Å². The third-order valence-corrected chi connectivity index (χ3v) is 4.55. The van der Waals surface area contributed by atoms with E-state index in [-0.39, 0.29) is 10.4 Å². The third-order valence-electron chi connectivity index (χ3n) is 3.40. The normalized spacial score (nSPS) is 18.7. The van der Waals surface area contributed by atoms with Crippen molar-refractivity contribution >= 4 is 28.9 Å². The number of halogens is 3. The lowest BCUT2D eigenvalue weighted by molar-refractivity contribution is -0.192. The van der Waals surface area contributed by atoms with Gasteiger partial charge in [-0.05, 0) is 30.7 Å². The summed E-state index contributed by atoms with van der Waals surface area (Å²) in [6.07, 6.45) is -0.0503. The Morgan fingerprint density at radius 1 is 1.52 bits per heavy atom. The van der Waals surface area contributed by atoms with Crippen molar-refractivity contribution in [1.82, 2.24) is 15.1 Å². The molecule has 0 radical (unpaired) electrons. The zero-order valence-electron chi connectivity index (χ0n) is 15.0. The van der Waals surface area contributed by atoms with E-state index in [1.807, 2.05) is 16.9 Å². The van der Waals surface area contributed by atoms with Crippen LogP contribution in [0.1, 0.15) is 19.0 Å². The smallest absolute Gasteiger partial charge is 0.475 e. The predicted molar refractivity (Wildman–Crippen MR) is 95.3 cm³/mol. The molecule has 152 valence electrons. The van der Waals surface area contributed by atoms with Crippen molar-refractivity contribution in [2.24, 2.45) is 0 Å². The van der Waals surface area contributed by atoms with E-state index in [0.717, 1.165) is 31.7 Å². The molecule has 1 fully saturated rings.